The molecule has 8 heteroatoms. The highest BCUT2D eigenvalue weighted by molar-refractivity contribution is 14.0. The predicted octanol–water partition coefficient (Wildman–Crippen LogP) is 4.18. The van der Waals surface area contributed by atoms with Crippen LogP contribution in [0.1, 0.15) is 55.2 Å². The first-order chi connectivity index (χ1) is 15.0. The van der Waals surface area contributed by atoms with Crippen LogP contribution in [0.4, 0.5) is 5.69 Å². The van der Waals surface area contributed by atoms with Crippen molar-refractivity contribution in [1.82, 2.24) is 20.4 Å². The Balaban J connectivity index is 0.00000363. The van der Waals surface area contributed by atoms with Crippen molar-refractivity contribution in [2.45, 2.75) is 59.7 Å². The Kier molecular flexibility index (Phi) is 10.8. The Labute approximate surface area is 210 Å². The van der Waals surface area contributed by atoms with Gasteiger partial charge in [0.05, 0.1) is 31.4 Å². The largest absolute Gasteiger partial charge is 0.383 e. The molecule has 178 valence electrons. The van der Waals surface area contributed by atoms with E-state index in [0.29, 0.717) is 13.2 Å². The lowest BCUT2D eigenvalue weighted by Gasteiger charge is -2.22. The van der Waals surface area contributed by atoms with E-state index in [2.05, 4.69) is 65.7 Å². The summed E-state index contributed by atoms with van der Waals surface area (Å²) in [4.78, 5) is 7.34. The molecule has 2 N–H and O–H groups in total. The van der Waals surface area contributed by atoms with Crippen molar-refractivity contribution >= 4 is 35.6 Å². The van der Waals surface area contributed by atoms with E-state index < -0.39 is 0 Å². The quantitative estimate of drug-likeness (QED) is 0.277. The van der Waals surface area contributed by atoms with Gasteiger partial charge in [-0.3, -0.25) is 4.68 Å². The molecule has 1 aliphatic heterocycles. The molecule has 1 aliphatic rings. The van der Waals surface area contributed by atoms with Crippen molar-refractivity contribution in [2.75, 3.05) is 38.3 Å². The highest BCUT2D eigenvalue weighted by Gasteiger charge is 2.15. The third kappa shape index (κ3) is 6.84. The number of anilines is 1. The molecule has 1 saturated heterocycles. The van der Waals surface area contributed by atoms with Gasteiger partial charge in [0.1, 0.15) is 0 Å². The van der Waals surface area contributed by atoms with Crippen molar-refractivity contribution in [3.63, 3.8) is 0 Å². The lowest BCUT2D eigenvalue weighted by Crippen LogP contribution is -2.38. The van der Waals surface area contributed by atoms with E-state index in [-0.39, 0.29) is 30.0 Å². The van der Waals surface area contributed by atoms with E-state index in [1.165, 1.54) is 29.7 Å². The average Bonchev–Trinajstić information content (AvgIpc) is 3.40. The fourth-order valence-electron chi connectivity index (χ4n) is 4.09. The van der Waals surface area contributed by atoms with Crippen molar-refractivity contribution in [2.24, 2.45) is 4.99 Å². The molecule has 32 heavy (non-hydrogen) atoms. The standard InChI is InChI=1S/C24H38N6O.HI/c1-6-25-24(26-17-23-19(3)28-30(20(23)4)14-15-31-5)27-18(2)21-10-9-11-22(16-21)29-12-7-8-13-29;/h9-11,16,18H,6-8,12-15,17H2,1-5H3,(H2,25,26,27);1H. The van der Waals surface area contributed by atoms with Crippen LogP contribution in [-0.2, 0) is 17.8 Å². The van der Waals surface area contributed by atoms with Gasteiger partial charge in [-0.25, -0.2) is 4.99 Å². The summed E-state index contributed by atoms with van der Waals surface area (Å²) in [6.07, 6.45) is 2.58. The van der Waals surface area contributed by atoms with E-state index in [9.17, 15) is 0 Å². The third-order valence-electron chi connectivity index (χ3n) is 5.97. The van der Waals surface area contributed by atoms with Crippen LogP contribution in [0.5, 0.6) is 0 Å². The fraction of sp³-hybridized carbons (Fsp3) is 0.583. The minimum Gasteiger partial charge on any atom is -0.383 e. The number of benzene rings is 1. The minimum absolute atomic E-state index is 0. The third-order valence-corrected chi connectivity index (χ3v) is 5.97. The van der Waals surface area contributed by atoms with Gasteiger partial charge >= 0.3 is 0 Å². The molecule has 1 aromatic heterocycles. The summed E-state index contributed by atoms with van der Waals surface area (Å²) in [5.41, 5.74) is 5.95. The molecule has 1 unspecified atom stereocenters. The molecule has 0 aliphatic carbocycles. The molecule has 1 atom stereocenters. The number of methoxy groups -OCH3 is 1. The second-order valence-corrected chi connectivity index (χ2v) is 8.22. The minimum atomic E-state index is 0. The predicted molar refractivity (Wildman–Crippen MR) is 143 cm³/mol. The number of hydrogen-bond acceptors (Lipinski definition) is 4. The van der Waals surface area contributed by atoms with Gasteiger partial charge in [-0.2, -0.15) is 5.10 Å². The first-order valence-electron chi connectivity index (χ1n) is 11.4. The van der Waals surface area contributed by atoms with Crippen LogP contribution >= 0.6 is 24.0 Å². The molecule has 0 saturated carbocycles. The zero-order valence-corrected chi connectivity index (χ0v) is 22.5. The molecular weight excluding hydrogens is 515 g/mol. The summed E-state index contributed by atoms with van der Waals surface area (Å²) in [5.74, 6) is 0.824. The first kappa shape index (κ1) is 26.4. The number of ether oxygens (including phenoxy) is 1. The number of halogens is 1. The van der Waals surface area contributed by atoms with Gasteiger partial charge in [0.2, 0.25) is 0 Å². The Morgan fingerprint density at radius 2 is 2.00 bits per heavy atom. The molecule has 0 amide bonds. The second kappa shape index (κ2) is 13.0. The first-order valence-corrected chi connectivity index (χ1v) is 11.4. The van der Waals surface area contributed by atoms with Crippen molar-refractivity contribution < 1.29 is 4.74 Å². The maximum absolute atomic E-state index is 5.20. The summed E-state index contributed by atoms with van der Waals surface area (Å²) in [6.45, 7) is 13.6. The number of guanidine groups is 1. The molecule has 3 rings (SSSR count). The Hall–Kier alpha value is -1.81. The van der Waals surface area contributed by atoms with Crippen LogP contribution in [0.2, 0.25) is 0 Å². The lowest BCUT2D eigenvalue weighted by atomic mass is 10.1. The van der Waals surface area contributed by atoms with Crippen LogP contribution in [-0.4, -0.2) is 49.1 Å². The molecule has 2 aromatic rings. The van der Waals surface area contributed by atoms with Gasteiger partial charge in [0, 0.05) is 43.7 Å². The molecule has 0 radical (unpaired) electrons. The van der Waals surface area contributed by atoms with Gasteiger partial charge in [-0.15, -0.1) is 24.0 Å². The molecule has 2 heterocycles. The number of aromatic nitrogens is 2. The van der Waals surface area contributed by atoms with Crippen LogP contribution in [0, 0.1) is 13.8 Å². The van der Waals surface area contributed by atoms with E-state index in [1.54, 1.807) is 7.11 Å². The number of aryl methyl sites for hydroxylation is 1. The van der Waals surface area contributed by atoms with Gasteiger partial charge in [-0.05, 0) is 58.2 Å². The van der Waals surface area contributed by atoms with Crippen molar-refractivity contribution in [3.8, 4) is 0 Å². The smallest absolute Gasteiger partial charge is 0.192 e. The van der Waals surface area contributed by atoms with Crippen LogP contribution in [0.25, 0.3) is 0 Å². The summed E-state index contributed by atoms with van der Waals surface area (Å²) >= 11 is 0. The van der Waals surface area contributed by atoms with Crippen molar-refractivity contribution in [1.29, 1.82) is 0 Å². The Morgan fingerprint density at radius 3 is 2.69 bits per heavy atom. The molecule has 7 nitrogen and oxygen atoms in total. The monoisotopic (exact) mass is 554 g/mol. The molecular formula is C24H39IN6O. The number of nitrogens with zero attached hydrogens (tertiary/aromatic N) is 4. The van der Waals surface area contributed by atoms with E-state index in [1.807, 2.05) is 11.6 Å². The van der Waals surface area contributed by atoms with Crippen LogP contribution < -0.4 is 15.5 Å². The van der Waals surface area contributed by atoms with Crippen LogP contribution in [0.3, 0.4) is 0 Å². The number of aliphatic imine (C=N–C) groups is 1. The molecule has 0 bridgehead atoms. The SMILES string of the molecule is CCNC(=NCc1c(C)nn(CCOC)c1C)NC(C)c1cccc(N2CCCC2)c1.I. The maximum atomic E-state index is 5.20. The number of hydrogen-bond donors (Lipinski definition) is 2. The van der Waals surface area contributed by atoms with Gasteiger partial charge in [0.25, 0.3) is 0 Å². The van der Waals surface area contributed by atoms with Crippen molar-refractivity contribution in [3.05, 3.63) is 46.8 Å². The Bertz CT molecular complexity index is 875. The average molecular weight is 555 g/mol. The van der Waals surface area contributed by atoms with E-state index >= 15 is 0 Å². The Morgan fingerprint density at radius 1 is 1.25 bits per heavy atom. The highest BCUT2D eigenvalue weighted by Crippen LogP contribution is 2.24. The summed E-state index contributed by atoms with van der Waals surface area (Å²) in [6, 6.07) is 9.03. The second-order valence-electron chi connectivity index (χ2n) is 8.22. The van der Waals surface area contributed by atoms with E-state index in [4.69, 9.17) is 9.73 Å². The zero-order valence-electron chi connectivity index (χ0n) is 20.1. The topological polar surface area (TPSA) is 66.7 Å². The molecule has 0 spiro atoms. The number of rotatable bonds is 9. The maximum Gasteiger partial charge on any atom is 0.192 e. The highest BCUT2D eigenvalue weighted by atomic mass is 127. The lowest BCUT2D eigenvalue weighted by molar-refractivity contribution is 0.182. The normalized spacial score (nSPS) is 14.9. The van der Waals surface area contributed by atoms with Crippen LogP contribution in [0.15, 0.2) is 29.3 Å². The van der Waals surface area contributed by atoms with Gasteiger partial charge < -0.3 is 20.3 Å². The fourth-order valence-corrected chi connectivity index (χ4v) is 4.09. The van der Waals surface area contributed by atoms with E-state index in [0.717, 1.165) is 43.5 Å². The zero-order chi connectivity index (χ0) is 22.2. The molecule has 1 fully saturated rings. The molecule has 1 aromatic carbocycles. The summed E-state index contributed by atoms with van der Waals surface area (Å²) < 4.78 is 7.21. The summed E-state index contributed by atoms with van der Waals surface area (Å²) in [5, 5.41) is 11.6. The summed E-state index contributed by atoms with van der Waals surface area (Å²) in [7, 11) is 1.72. The van der Waals surface area contributed by atoms with Gasteiger partial charge in [0.15, 0.2) is 5.96 Å². The van der Waals surface area contributed by atoms with Gasteiger partial charge in [-0.1, -0.05) is 12.1 Å². The number of nitrogens with one attached hydrogen (secondary N) is 2.